The lowest BCUT2D eigenvalue weighted by Crippen LogP contribution is -2.26. The van der Waals surface area contributed by atoms with Crippen molar-refractivity contribution in [3.05, 3.63) is 29.0 Å². The molecule has 0 aliphatic heterocycles. The Labute approximate surface area is 110 Å². The Balaban J connectivity index is 2.51. The van der Waals surface area contributed by atoms with E-state index in [-0.39, 0.29) is 0 Å². The van der Waals surface area contributed by atoms with Gasteiger partial charge in [0.2, 0.25) is 0 Å². The molecule has 3 heteroatoms. The van der Waals surface area contributed by atoms with Crippen LogP contribution >= 0.6 is 11.6 Å². The predicted molar refractivity (Wildman–Crippen MR) is 74.3 cm³/mol. The van der Waals surface area contributed by atoms with E-state index in [1.165, 1.54) is 25.7 Å². The largest absolute Gasteiger partial charge is 0.298 e. The second-order valence-electron chi connectivity index (χ2n) is 4.43. The molecule has 0 atom stereocenters. The van der Waals surface area contributed by atoms with Crippen LogP contribution in [0, 0.1) is 0 Å². The fourth-order valence-electron chi connectivity index (χ4n) is 1.80. The average molecular weight is 255 g/mol. The molecule has 0 aromatic carbocycles. The summed E-state index contributed by atoms with van der Waals surface area (Å²) in [6, 6.07) is 5.85. The summed E-state index contributed by atoms with van der Waals surface area (Å²) in [5, 5.41) is 0.591. The van der Waals surface area contributed by atoms with Crippen LogP contribution in [0.5, 0.6) is 0 Å². The Morgan fingerprint density at radius 2 is 1.76 bits per heavy atom. The number of aromatic nitrogens is 1. The van der Waals surface area contributed by atoms with Gasteiger partial charge in [-0.15, -0.1) is 0 Å². The maximum atomic E-state index is 5.91. The molecule has 0 fully saturated rings. The van der Waals surface area contributed by atoms with Crippen LogP contribution in [0.2, 0.25) is 5.15 Å². The van der Waals surface area contributed by atoms with E-state index in [0.29, 0.717) is 5.15 Å². The normalized spacial score (nSPS) is 11.1. The van der Waals surface area contributed by atoms with Gasteiger partial charge in [-0.3, -0.25) is 4.90 Å². The first-order valence-electron chi connectivity index (χ1n) is 6.60. The quantitative estimate of drug-likeness (QED) is 0.649. The summed E-state index contributed by atoms with van der Waals surface area (Å²) >= 11 is 5.91. The van der Waals surface area contributed by atoms with Crippen LogP contribution < -0.4 is 0 Å². The molecule has 1 aromatic heterocycles. The molecule has 1 heterocycles. The van der Waals surface area contributed by atoms with Crippen molar-refractivity contribution in [1.82, 2.24) is 9.88 Å². The van der Waals surface area contributed by atoms with E-state index in [0.717, 1.165) is 25.3 Å². The molecule has 96 valence electrons. The van der Waals surface area contributed by atoms with Crippen molar-refractivity contribution in [2.24, 2.45) is 0 Å². The van der Waals surface area contributed by atoms with E-state index in [1.54, 1.807) is 0 Å². The van der Waals surface area contributed by atoms with Crippen LogP contribution in [0.1, 0.15) is 45.2 Å². The molecule has 0 saturated carbocycles. The molecule has 0 radical (unpaired) electrons. The van der Waals surface area contributed by atoms with E-state index in [2.05, 4.69) is 29.8 Å². The highest BCUT2D eigenvalue weighted by Gasteiger charge is 2.06. The molecule has 0 unspecified atom stereocenters. The highest BCUT2D eigenvalue weighted by Crippen LogP contribution is 2.09. The first-order valence-corrected chi connectivity index (χ1v) is 6.97. The molecule has 0 bridgehead atoms. The topological polar surface area (TPSA) is 16.1 Å². The maximum Gasteiger partial charge on any atom is 0.129 e. The molecule has 17 heavy (non-hydrogen) atoms. The van der Waals surface area contributed by atoms with Crippen molar-refractivity contribution in [1.29, 1.82) is 0 Å². The third-order valence-corrected chi connectivity index (χ3v) is 3.02. The SMILES string of the molecule is CCCCN(CCCC)Cc1cccc(Cl)n1. The van der Waals surface area contributed by atoms with Gasteiger partial charge in [-0.25, -0.2) is 4.98 Å². The number of pyridine rings is 1. The minimum absolute atomic E-state index is 0.591. The van der Waals surface area contributed by atoms with Crippen molar-refractivity contribution in [2.75, 3.05) is 13.1 Å². The fourth-order valence-corrected chi connectivity index (χ4v) is 1.98. The summed E-state index contributed by atoms with van der Waals surface area (Å²) in [4.78, 5) is 6.83. The van der Waals surface area contributed by atoms with E-state index in [9.17, 15) is 0 Å². The molecule has 0 aliphatic carbocycles. The van der Waals surface area contributed by atoms with Gasteiger partial charge in [-0.2, -0.15) is 0 Å². The van der Waals surface area contributed by atoms with Crippen LogP contribution in [-0.4, -0.2) is 23.0 Å². The van der Waals surface area contributed by atoms with Crippen LogP contribution in [0.15, 0.2) is 18.2 Å². The maximum absolute atomic E-state index is 5.91. The van der Waals surface area contributed by atoms with Gasteiger partial charge in [-0.1, -0.05) is 44.4 Å². The first-order chi connectivity index (χ1) is 8.26. The lowest BCUT2D eigenvalue weighted by atomic mass is 10.2. The molecular weight excluding hydrogens is 232 g/mol. The number of nitrogens with zero attached hydrogens (tertiary/aromatic N) is 2. The second-order valence-corrected chi connectivity index (χ2v) is 4.82. The predicted octanol–water partition coefficient (Wildman–Crippen LogP) is 4.14. The van der Waals surface area contributed by atoms with Crippen LogP contribution in [0.4, 0.5) is 0 Å². The number of rotatable bonds is 8. The molecule has 0 amide bonds. The summed E-state index contributed by atoms with van der Waals surface area (Å²) in [5.41, 5.74) is 1.07. The summed E-state index contributed by atoms with van der Waals surface area (Å²) in [6.07, 6.45) is 4.99. The van der Waals surface area contributed by atoms with Gasteiger partial charge in [0.15, 0.2) is 0 Å². The zero-order valence-electron chi connectivity index (χ0n) is 11.0. The van der Waals surface area contributed by atoms with Gasteiger partial charge in [0.05, 0.1) is 5.69 Å². The van der Waals surface area contributed by atoms with Crippen molar-refractivity contribution >= 4 is 11.6 Å². The molecule has 0 saturated heterocycles. The molecule has 0 N–H and O–H groups in total. The summed E-state index contributed by atoms with van der Waals surface area (Å²) in [7, 11) is 0. The standard InChI is InChI=1S/C14H23ClN2/c1-3-5-10-17(11-6-4-2)12-13-8-7-9-14(15)16-13/h7-9H,3-6,10-12H2,1-2H3. The number of hydrogen-bond donors (Lipinski definition) is 0. The van der Waals surface area contributed by atoms with Gasteiger partial charge >= 0.3 is 0 Å². The zero-order valence-corrected chi connectivity index (χ0v) is 11.7. The number of unbranched alkanes of at least 4 members (excludes halogenated alkanes) is 2. The van der Waals surface area contributed by atoms with Crippen LogP contribution in [0.3, 0.4) is 0 Å². The molecule has 0 aliphatic rings. The molecule has 0 spiro atoms. The van der Waals surface area contributed by atoms with Gasteiger partial charge in [0.25, 0.3) is 0 Å². The Hall–Kier alpha value is -0.600. The van der Waals surface area contributed by atoms with Crippen molar-refractivity contribution in [2.45, 2.75) is 46.1 Å². The van der Waals surface area contributed by atoms with E-state index < -0.39 is 0 Å². The lowest BCUT2D eigenvalue weighted by molar-refractivity contribution is 0.254. The zero-order chi connectivity index (χ0) is 12.5. The summed E-state index contributed by atoms with van der Waals surface area (Å²) < 4.78 is 0. The Bertz CT molecular complexity index is 307. The number of hydrogen-bond acceptors (Lipinski definition) is 2. The minimum Gasteiger partial charge on any atom is -0.298 e. The van der Waals surface area contributed by atoms with Gasteiger partial charge < -0.3 is 0 Å². The van der Waals surface area contributed by atoms with Gasteiger partial charge in [0.1, 0.15) is 5.15 Å². The monoisotopic (exact) mass is 254 g/mol. The summed E-state index contributed by atoms with van der Waals surface area (Å²) in [6.45, 7) is 7.70. The van der Waals surface area contributed by atoms with Crippen LogP contribution in [0.25, 0.3) is 0 Å². The Morgan fingerprint density at radius 3 is 2.29 bits per heavy atom. The van der Waals surface area contributed by atoms with Crippen LogP contribution in [-0.2, 0) is 6.54 Å². The summed E-state index contributed by atoms with van der Waals surface area (Å²) in [5.74, 6) is 0. The van der Waals surface area contributed by atoms with E-state index in [4.69, 9.17) is 11.6 Å². The molecule has 1 rings (SSSR count). The second kappa shape index (κ2) is 8.48. The third kappa shape index (κ3) is 6.04. The molecule has 1 aromatic rings. The van der Waals surface area contributed by atoms with Crippen molar-refractivity contribution in [3.8, 4) is 0 Å². The Morgan fingerprint density at radius 1 is 1.12 bits per heavy atom. The van der Waals surface area contributed by atoms with Crippen molar-refractivity contribution in [3.63, 3.8) is 0 Å². The minimum atomic E-state index is 0.591. The van der Waals surface area contributed by atoms with Gasteiger partial charge in [-0.05, 0) is 38.1 Å². The highest BCUT2D eigenvalue weighted by atomic mass is 35.5. The van der Waals surface area contributed by atoms with Crippen molar-refractivity contribution < 1.29 is 0 Å². The average Bonchev–Trinajstić information content (AvgIpc) is 2.32. The smallest absolute Gasteiger partial charge is 0.129 e. The molecule has 2 nitrogen and oxygen atoms in total. The van der Waals surface area contributed by atoms with E-state index in [1.807, 2.05) is 12.1 Å². The first kappa shape index (κ1) is 14.5. The number of halogens is 1. The van der Waals surface area contributed by atoms with E-state index >= 15 is 0 Å². The lowest BCUT2D eigenvalue weighted by Gasteiger charge is -2.21. The highest BCUT2D eigenvalue weighted by molar-refractivity contribution is 6.29. The molecular formula is C14H23ClN2. The van der Waals surface area contributed by atoms with Gasteiger partial charge in [0, 0.05) is 6.54 Å². The fraction of sp³-hybridized carbons (Fsp3) is 0.643. The Kier molecular flexibility index (Phi) is 7.22. The third-order valence-electron chi connectivity index (χ3n) is 2.81.